The second kappa shape index (κ2) is 13.8. The zero-order chi connectivity index (χ0) is 29.5. The number of methoxy groups -OCH3 is 2. The average Bonchev–Trinajstić information content (AvgIpc) is 3.11. The van der Waals surface area contributed by atoms with Crippen LogP contribution in [0.1, 0.15) is 13.2 Å². The molecule has 0 saturated carbocycles. The number of nitrogens with zero attached hydrogens (tertiary/aromatic N) is 1. The molecule has 3 rings (SSSR count). The van der Waals surface area contributed by atoms with Gasteiger partial charge in [0.1, 0.15) is 30.1 Å². The summed E-state index contributed by atoms with van der Waals surface area (Å²) in [7, 11) is -1.61. The lowest BCUT2D eigenvalue weighted by molar-refractivity contribution is -0.156. The van der Waals surface area contributed by atoms with E-state index in [4.69, 9.17) is 39.6 Å². The number of hydrogen-bond acceptors (Lipinski definition) is 11. The van der Waals surface area contributed by atoms with Gasteiger partial charge < -0.3 is 28.6 Å². The first kappa shape index (κ1) is 31.9. The van der Waals surface area contributed by atoms with Crippen LogP contribution in [0.5, 0.6) is 5.75 Å². The standard InChI is InChI=1S/C23H30ClFN3O11P/c1-14(20(31)37-16(11-34-2)12-35-3)27-40(33,39-15-7-5-4-6-8-15)36-13-17-19(30)23(24,25)21(38-17)28-10-9-18(29)26-22(28)32/h4-10,14,16-17,19,21,30H,11-13H2,1-3H3,(H,27,33)(H,26,29,32)/t14-,17+,19+,21+,23+,40?/m0/s1. The van der Waals surface area contributed by atoms with Crippen molar-refractivity contribution in [2.24, 2.45) is 0 Å². The van der Waals surface area contributed by atoms with Gasteiger partial charge in [-0.3, -0.25) is 23.7 Å². The van der Waals surface area contributed by atoms with E-state index in [9.17, 15) is 24.1 Å². The predicted molar refractivity (Wildman–Crippen MR) is 138 cm³/mol. The summed E-state index contributed by atoms with van der Waals surface area (Å²) in [4.78, 5) is 38.1. The minimum atomic E-state index is -4.44. The van der Waals surface area contributed by atoms with Gasteiger partial charge in [0, 0.05) is 26.5 Å². The van der Waals surface area contributed by atoms with Crippen LogP contribution in [-0.4, -0.2) is 84.1 Å². The molecule has 0 aliphatic carbocycles. The molecule has 1 aliphatic heterocycles. The van der Waals surface area contributed by atoms with Gasteiger partial charge in [0.15, 0.2) is 6.23 Å². The Morgan fingerprint density at radius 2 is 1.90 bits per heavy atom. The Bertz CT molecular complexity index is 1290. The number of aliphatic hydroxyl groups is 1. The molecule has 2 heterocycles. The third kappa shape index (κ3) is 7.98. The molecule has 1 aliphatic rings. The number of alkyl halides is 2. The molecule has 1 aromatic carbocycles. The minimum absolute atomic E-state index is 0.0425. The van der Waals surface area contributed by atoms with Gasteiger partial charge in [-0.1, -0.05) is 29.8 Å². The van der Waals surface area contributed by atoms with Crippen LogP contribution in [0, 0.1) is 0 Å². The van der Waals surface area contributed by atoms with Crippen molar-refractivity contribution in [3.63, 3.8) is 0 Å². The average molecular weight is 610 g/mol. The van der Waals surface area contributed by atoms with Gasteiger partial charge in [-0.05, 0) is 19.1 Å². The number of para-hydroxylation sites is 1. The molecule has 1 unspecified atom stereocenters. The van der Waals surface area contributed by atoms with Crippen molar-refractivity contribution >= 4 is 25.3 Å². The van der Waals surface area contributed by atoms with Gasteiger partial charge in [0.25, 0.3) is 10.7 Å². The number of aromatic nitrogens is 2. The molecule has 2 aromatic rings. The molecule has 0 radical (unpaired) electrons. The number of halogens is 2. The van der Waals surface area contributed by atoms with E-state index in [1.165, 1.54) is 33.3 Å². The second-order valence-electron chi connectivity index (χ2n) is 8.68. The van der Waals surface area contributed by atoms with Crippen molar-refractivity contribution in [2.75, 3.05) is 34.0 Å². The number of aliphatic hydroxyl groups excluding tert-OH is 1. The lowest BCUT2D eigenvalue weighted by atomic mass is 10.1. The number of hydrogen-bond donors (Lipinski definition) is 3. The number of esters is 1. The molecule has 6 atom stereocenters. The Kier molecular flexibility index (Phi) is 11.0. The summed E-state index contributed by atoms with van der Waals surface area (Å²) in [6.07, 6.45) is -5.32. The lowest BCUT2D eigenvalue weighted by Crippen LogP contribution is -2.42. The van der Waals surface area contributed by atoms with Crippen molar-refractivity contribution in [1.82, 2.24) is 14.6 Å². The van der Waals surface area contributed by atoms with E-state index in [0.29, 0.717) is 4.57 Å². The molecule has 0 amide bonds. The van der Waals surface area contributed by atoms with Crippen LogP contribution in [0.2, 0.25) is 0 Å². The van der Waals surface area contributed by atoms with Gasteiger partial charge in [0.2, 0.25) is 0 Å². The maximum absolute atomic E-state index is 15.3. The summed E-state index contributed by atoms with van der Waals surface area (Å²) in [5.41, 5.74) is -1.78. The molecular formula is C23H30ClFN3O11P. The van der Waals surface area contributed by atoms with Crippen LogP contribution in [0.25, 0.3) is 0 Å². The molecule has 40 heavy (non-hydrogen) atoms. The monoisotopic (exact) mass is 609 g/mol. The second-order valence-corrected chi connectivity index (χ2v) is 11.0. The molecule has 17 heteroatoms. The normalized spacial score (nSPS) is 24.9. The fourth-order valence-electron chi connectivity index (χ4n) is 3.64. The fraction of sp³-hybridized carbons (Fsp3) is 0.522. The maximum atomic E-state index is 15.3. The fourth-order valence-corrected chi connectivity index (χ4v) is 5.44. The summed E-state index contributed by atoms with van der Waals surface area (Å²) >= 11 is 5.88. The van der Waals surface area contributed by atoms with Crippen LogP contribution >= 0.6 is 19.3 Å². The van der Waals surface area contributed by atoms with Crippen molar-refractivity contribution in [3.05, 3.63) is 63.4 Å². The lowest BCUT2D eigenvalue weighted by Gasteiger charge is -2.25. The topological polar surface area (TPSA) is 177 Å². The quantitative estimate of drug-likeness (QED) is 0.158. The molecule has 1 aromatic heterocycles. The molecule has 3 N–H and O–H groups in total. The Balaban J connectivity index is 1.77. The molecule has 1 fully saturated rings. The number of aromatic amines is 1. The van der Waals surface area contributed by atoms with Gasteiger partial charge in [-0.15, -0.1) is 0 Å². The van der Waals surface area contributed by atoms with E-state index in [1.54, 1.807) is 18.2 Å². The largest absolute Gasteiger partial charge is 0.459 e. The zero-order valence-electron chi connectivity index (χ0n) is 21.7. The van der Waals surface area contributed by atoms with Crippen molar-refractivity contribution in [1.29, 1.82) is 0 Å². The smallest absolute Gasteiger partial charge is 0.456 e. The highest BCUT2D eigenvalue weighted by molar-refractivity contribution is 7.52. The Morgan fingerprint density at radius 1 is 1.25 bits per heavy atom. The van der Waals surface area contributed by atoms with E-state index in [-0.39, 0.29) is 19.0 Å². The van der Waals surface area contributed by atoms with Crippen LogP contribution in [0.4, 0.5) is 4.39 Å². The summed E-state index contributed by atoms with van der Waals surface area (Å²) in [6.45, 7) is 0.666. The highest BCUT2D eigenvalue weighted by atomic mass is 35.5. The number of nitrogens with one attached hydrogen (secondary N) is 2. The first-order chi connectivity index (χ1) is 18.9. The van der Waals surface area contributed by atoms with E-state index in [0.717, 1.165) is 12.3 Å². The molecule has 14 nitrogen and oxygen atoms in total. The van der Waals surface area contributed by atoms with Crippen LogP contribution in [0.15, 0.2) is 52.2 Å². The molecule has 0 bridgehead atoms. The number of H-pyrrole nitrogens is 1. The SMILES string of the molecule is COCC(COC)OC(=O)[C@H](C)NP(=O)(OC[C@H]1O[C@@H](n2ccc(=O)[nH]c2=O)[C@@](F)(Cl)[C@@H]1O)Oc1ccccc1. The molecule has 0 spiro atoms. The van der Waals surface area contributed by atoms with Crippen molar-refractivity contribution in [3.8, 4) is 5.75 Å². The highest BCUT2D eigenvalue weighted by Crippen LogP contribution is 2.48. The number of carbonyl (C=O) groups is 1. The van der Waals surface area contributed by atoms with Crippen LogP contribution < -0.4 is 20.9 Å². The Labute approximate surface area is 232 Å². The van der Waals surface area contributed by atoms with E-state index in [2.05, 4.69) is 5.09 Å². The number of carbonyl (C=O) groups excluding carboxylic acids is 1. The van der Waals surface area contributed by atoms with Gasteiger partial charge >= 0.3 is 19.4 Å². The van der Waals surface area contributed by atoms with Crippen molar-refractivity contribution < 1.29 is 46.9 Å². The third-order valence-corrected chi connectivity index (χ3v) is 7.61. The van der Waals surface area contributed by atoms with Crippen LogP contribution in [-0.2, 0) is 32.8 Å². The van der Waals surface area contributed by atoms with E-state index < -0.39 is 67.3 Å². The van der Waals surface area contributed by atoms with Gasteiger partial charge in [-0.25, -0.2) is 13.8 Å². The van der Waals surface area contributed by atoms with Gasteiger partial charge in [0.05, 0.1) is 19.8 Å². The Morgan fingerprint density at radius 3 is 2.50 bits per heavy atom. The molecule has 1 saturated heterocycles. The number of benzene rings is 1. The highest BCUT2D eigenvalue weighted by Gasteiger charge is 2.58. The summed E-state index contributed by atoms with van der Waals surface area (Å²) < 4.78 is 61.4. The summed E-state index contributed by atoms with van der Waals surface area (Å²) in [5, 5.41) is 9.91. The van der Waals surface area contributed by atoms with Crippen molar-refractivity contribution in [2.45, 2.75) is 42.6 Å². The van der Waals surface area contributed by atoms with E-state index in [1.807, 2.05) is 4.98 Å². The van der Waals surface area contributed by atoms with Gasteiger partial charge in [-0.2, -0.15) is 5.09 Å². The maximum Gasteiger partial charge on any atom is 0.459 e. The minimum Gasteiger partial charge on any atom is -0.456 e. The molecule has 222 valence electrons. The number of ether oxygens (including phenoxy) is 4. The predicted octanol–water partition coefficient (Wildman–Crippen LogP) is 1.09. The summed E-state index contributed by atoms with van der Waals surface area (Å²) in [5.74, 6) is -0.740. The summed E-state index contributed by atoms with van der Waals surface area (Å²) in [6, 6.07) is 7.50. The van der Waals surface area contributed by atoms with Crippen LogP contribution in [0.3, 0.4) is 0 Å². The Hall–Kier alpha value is -2.62. The molecular weight excluding hydrogens is 580 g/mol. The van der Waals surface area contributed by atoms with E-state index >= 15 is 4.39 Å². The first-order valence-electron chi connectivity index (χ1n) is 11.9. The third-order valence-electron chi connectivity index (χ3n) is 5.55. The number of rotatable bonds is 14. The first-order valence-corrected chi connectivity index (χ1v) is 13.8. The zero-order valence-corrected chi connectivity index (χ0v) is 23.4.